The minimum atomic E-state index is 0.00151. The highest BCUT2D eigenvalue weighted by Gasteiger charge is 2.17. The number of benzene rings is 1. The molecule has 2 aromatic rings. The van der Waals surface area contributed by atoms with Crippen LogP contribution in [0.3, 0.4) is 0 Å². The van der Waals surface area contributed by atoms with Crippen LogP contribution in [0.2, 0.25) is 0 Å². The van der Waals surface area contributed by atoms with E-state index in [9.17, 15) is 9.59 Å². The number of hydrogen-bond donors (Lipinski definition) is 1. The molecule has 1 N–H and O–H groups in total. The number of fused-ring (bicyclic) bond motifs is 1. The third kappa shape index (κ3) is 4.03. The highest BCUT2D eigenvalue weighted by Crippen LogP contribution is 2.23. The van der Waals surface area contributed by atoms with E-state index in [-0.39, 0.29) is 11.8 Å². The van der Waals surface area contributed by atoms with E-state index < -0.39 is 0 Å². The zero-order chi connectivity index (χ0) is 19.5. The van der Waals surface area contributed by atoms with Crippen molar-refractivity contribution >= 4 is 29.3 Å². The molecule has 1 aromatic carbocycles. The lowest BCUT2D eigenvalue weighted by molar-refractivity contribution is -0.125. The van der Waals surface area contributed by atoms with E-state index in [1.807, 2.05) is 11.0 Å². The minimum Gasteiger partial charge on any atom is -0.335 e. The van der Waals surface area contributed by atoms with Gasteiger partial charge in [-0.1, -0.05) is 35.9 Å². The van der Waals surface area contributed by atoms with Crippen LogP contribution in [0, 0.1) is 6.92 Å². The molecule has 142 valence electrons. The summed E-state index contributed by atoms with van der Waals surface area (Å²) in [5, 5.41) is 2.77. The van der Waals surface area contributed by atoms with Gasteiger partial charge in [0.05, 0.1) is 0 Å². The number of nitrogens with one attached hydrogen (secondary N) is 1. The predicted molar refractivity (Wildman–Crippen MR) is 111 cm³/mol. The van der Waals surface area contributed by atoms with Gasteiger partial charge in [-0.25, -0.2) is 4.98 Å². The summed E-state index contributed by atoms with van der Waals surface area (Å²) in [6.07, 6.45) is 9.25. The molecule has 0 atom stereocenters. The number of aryl methyl sites for hydroxylation is 2. The van der Waals surface area contributed by atoms with E-state index in [1.165, 1.54) is 16.7 Å². The van der Waals surface area contributed by atoms with E-state index in [0.717, 1.165) is 24.1 Å². The Kier molecular flexibility index (Phi) is 5.06. The average Bonchev–Trinajstić information content (AvgIpc) is 2.72. The highest BCUT2D eigenvalue weighted by molar-refractivity contribution is 5.94. The van der Waals surface area contributed by atoms with Gasteiger partial charge in [0.25, 0.3) is 0 Å². The summed E-state index contributed by atoms with van der Waals surface area (Å²) < 4.78 is 0. The number of anilines is 1. The minimum absolute atomic E-state index is 0.00151. The van der Waals surface area contributed by atoms with Gasteiger partial charge in [0.1, 0.15) is 5.82 Å². The van der Waals surface area contributed by atoms with Crippen LogP contribution in [0.4, 0.5) is 5.82 Å². The number of aromatic nitrogens is 1. The third-order valence-corrected chi connectivity index (χ3v) is 5.23. The van der Waals surface area contributed by atoms with Crippen molar-refractivity contribution in [3.8, 4) is 0 Å². The predicted octanol–water partition coefficient (Wildman–Crippen LogP) is 3.60. The monoisotopic (exact) mass is 373 g/mol. The molecule has 0 aliphatic carbocycles. The van der Waals surface area contributed by atoms with Crippen LogP contribution >= 0.6 is 0 Å². The fourth-order valence-electron chi connectivity index (χ4n) is 3.54. The lowest BCUT2D eigenvalue weighted by Crippen LogP contribution is -2.33. The molecular weight excluding hydrogens is 350 g/mol. The first kappa shape index (κ1) is 18.2. The van der Waals surface area contributed by atoms with E-state index in [0.29, 0.717) is 25.2 Å². The van der Waals surface area contributed by atoms with Crippen LogP contribution in [0.5, 0.6) is 0 Å². The molecule has 2 aliphatic rings. The Morgan fingerprint density at radius 2 is 2.00 bits per heavy atom. The van der Waals surface area contributed by atoms with Crippen molar-refractivity contribution in [1.29, 1.82) is 0 Å². The van der Waals surface area contributed by atoms with Crippen molar-refractivity contribution in [1.82, 2.24) is 9.88 Å². The Labute approximate surface area is 164 Å². The van der Waals surface area contributed by atoms with Gasteiger partial charge >= 0.3 is 0 Å². The van der Waals surface area contributed by atoms with Gasteiger partial charge in [-0.2, -0.15) is 0 Å². The first-order chi connectivity index (χ1) is 13.6. The number of carbonyl (C=O) groups excluding carboxylic acids is 2. The van der Waals surface area contributed by atoms with E-state index >= 15 is 0 Å². The Bertz CT molecular complexity index is 974. The quantitative estimate of drug-likeness (QED) is 0.836. The topological polar surface area (TPSA) is 62.3 Å². The second-order valence-corrected chi connectivity index (χ2v) is 7.29. The molecule has 5 heteroatoms. The molecule has 0 spiro atoms. The molecule has 4 rings (SSSR count). The Morgan fingerprint density at radius 3 is 2.75 bits per heavy atom. The molecule has 5 nitrogen and oxygen atoms in total. The van der Waals surface area contributed by atoms with Crippen LogP contribution in [-0.2, 0) is 16.0 Å². The fraction of sp³-hybridized carbons (Fsp3) is 0.261. The highest BCUT2D eigenvalue weighted by atomic mass is 16.2. The molecule has 3 heterocycles. The summed E-state index contributed by atoms with van der Waals surface area (Å²) in [4.78, 5) is 30.1. The van der Waals surface area contributed by atoms with Gasteiger partial charge in [-0.15, -0.1) is 0 Å². The van der Waals surface area contributed by atoms with Gasteiger partial charge < -0.3 is 10.2 Å². The normalized spacial score (nSPS) is 16.5. The first-order valence-corrected chi connectivity index (χ1v) is 9.60. The van der Waals surface area contributed by atoms with Crippen LogP contribution in [0.25, 0.3) is 11.6 Å². The summed E-state index contributed by atoms with van der Waals surface area (Å²) >= 11 is 0. The van der Waals surface area contributed by atoms with Crippen molar-refractivity contribution in [3.63, 3.8) is 0 Å². The molecule has 0 unspecified atom stereocenters. The van der Waals surface area contributed by atoms with Crippen molar-refractivity contribution in [2.75, 3.05) is 18.4 Å². The Balaban J connectivity index is 1.39. The zero-order valence-electron chi connectivity index (χ0n) is 15.9. The van der Waals surface area contributed by atoms with E-state index in [1.54, 1.807) is 18.3 Å². The summed E-state index contributed by atoms with van der Waals surface area (Å²) in [6.45, 7) is 3.43. The Morgan fingerprint density at radius 1 is 1.18 bits per heavy atom. The molecule has 0 saturated heterocycles. The van der Waals surface area contributed by atoms with Crippen LogP contribution in [0.1, 0.15) is 35.1 Å². The third-order valence-electron chi connectivity index (χ3n) is 5.23. The van der Waals surface area contributed by atoms with Crippen LogP contribution < -0.4 is 5.32 Å². The van der Waals surface area contributed by atoms with Gasteiger partial charge in [-0.3, -0.25) is 9.59 Å². The maximum Gasteiger partial charge on any atom is 0.246 e. The number of rotatable bonds is 3. The molecule has 0 saturated carbocycles. The average molecular weight is 373 g/mol. The standard InChI is InChI=1S/C23H23N3O2/c1-16-2-5-18(6-3-16)19-10-12-26(13-11-19)22(28)9-4-17-14-20-7-8-21(27)25-23(20)24-15-17/h2-6,9-10,14-15H,7-8,11-13H2,1H3,(H,24,25,27). The van der Waals surface area contributed by atoms with Gasteiger partial charge in [0, 0.05) is 31.8 Å². The van der Waals surface area contributed by atoms with Crippen LogP contribution in [0.15, 0.2) is 48.7 Å². The molecule has 0 bridgehead atoms. The van der Waals surface area contributed by atoms with Gasteiger partial charge in [0.15, 0.2) is 0 Å². The van der Waals surface area contributed by atoms with Crippen molar-refractivity contribution in [3.05, 3.63) is 70.9 Å². The number of amides is 2. The van der Waals surface area contributed by atoms with Gasteiger partial charge in [0.2, 0.25) is 11.8 Å². The molecule has 2 amide bonds. The summed E-state index contributed by atoms with van der Waals surface area (Å²) in [5.74, 6) is 0.636. The van der Waals surface area contributed by atoms with E-state index in [2.05, 4.69) is 47.6 Å². The summed E-state index contributed by atoms with van der Waals surface area (Å²) in [5.41, 5.74) is 5.67. The maximum absolute atomic E-state index is 12.5. The largest absolute Gasteiger partial charge is 0.335 e. The van der Waals surface area contributed by atoms with Crippen molar-refractivity contribution < 1.29 is 9.59 Å². The number of hydrogen-bond acceptors (Lipinski definition) is 3. The lowest BCUT2D eigenvalue weighted by Gasteiger charge is -2.25. The Hall–Kier alpha value is -3.21. The second-order valence-electron chi connectivity index (χ2n) is 7.29. The molecule has 28 heavy (non-hydrogen) atoms. The summed E-state index contributed by atoms with van der Waals surface area (Å²) in [7, 11) is 0. The fourth-order valence-corrected chi connectivity index (χ4v) is 3.54. The molecule has 0 radical (unpaired) electrons. The molecule has 1 aromatic heterocycles. The number of carbonyl (C=O) groups is 2. The summed E-state index contributed by atoms with van der Waals surface area (Å²) in [6, 6.07) is 10.5. The van der Waals surface area contributed by atoms with Crippen molar-refractivity contribution in [2.24, 2.45) is 0 Å². The van der Waals surface area contributed by atoms with Gasteiger partial charge in [-0.05, 0) is 54.2 Å². The lowest BCUT2D eigenvalue weighted by atomic mass is 9.98. The smallest absolute Gasteiger partial charge is 0.246 e. The molecule has 2 aliphatic heterocycles. The zero-order valence-corrected chi connectivity index (χ0v) is 15.9. The van der Waals surface area contributed by atoms with Crippen molar-refractivity contribution in [2.45, 2.75) is 26.2 Å². The van der Waals surface area contributed by atoms with Crippen LogP contribution in [-0.4, -0.2) is 34.8 Å². The molecule has 0 fully saturated rings. The number of nitrogens with zero attached hydrogens (tertiary/aromatic N) is 2. The second kappa shape index (κ2) is 7.80. The molecular formula is C23H23N3O2. The first-order valence-electron chi connectivity index (χ1n) is 9.60. The van der Waals surface area contributed by atoms with E-state index in [4.69, 9.17) is 0 Å². The number of pyridine rings is 1. The maximum atomic E-state index is 12.5. The SMILES string of the molecule is Cc1ccc(C2=CCN(C(=O)C=Cc3cnc4c(c3)CCC(=O)N4)CC2)cc1.